The molecule has 0 aromatic heterocycles. The lowest BCUT2D eigenvalue weighted by atomic mass is 9.95. The molecule has 4 heteroatoms. The lowest BCUT2D eigenvalue weighted by Crippen LogP contribution is -2.38. The SMILES string of the molecule is CN(CCOc1cccc(F)c1)C(=O)C(C)(C)C. The smallest absolute Gasteiger partial charge is 0.227 e. The number of hydrogen-bond donors (Lipinski definition) is 0. The molecule has 0 saturated carbocycles. The number of carbonyl (C=O) groups excluding carboxylic acids is 1. The molecular formula is C14H20FNO2. The van der Waals surface area contributed by atoms with E-state index in [9.17, 15) is 9.18 Å². The van der Waals surface area contributed by atoms with Crippen molar-refractivity contribution in [3.8, 4) is 5.75 Å². The van der Waals surface area contributed by atoms with Crippen molar-refractivity contribution in [2.75, 3.05) is 20.2 Å². The second kappa shape index (κ2) is 5.85. The van der Waals surface area contributed by atoms with Crippen molar-refractivity contribution in [3.05, 3.63) is 30.1 Å². The highest BCUT2D eigenvalue weighted by Gasteiger charge is 2.24. The highest BCUT2D eigenvalue weighted by molar-refractivity contribution is 5.81. The molecule has 0 heterocycles. The Balaban J connectivity index is 2.40. The number of rotatable bonds is 4. The third-order valence-electron chi connectivity index (χ3n) is 2.48. The van der Waals surface area contributed by atoms with Gasteiger partial charge in [0.1, 0.15) is 18.2 Å². The topological polar surface area (TPSA) is 29.5 Å². The van der Waals surface area contributed by atoms with Gasteiger partial charge in [-0.3, -0.25) is 4.79 Å². The maximum absolute atomic E-state index is 12.9. The first kappa shape index (κ1) is 14.5. The molecule has 0 bridgehead atoms. The Morgan fingerprint density at radius 2 is 2.06 bits per heavy atom. The van der Waals surface area contributed by atoms with Gasteiger partial charge >= 0.3 is 0 Å². The quantitative estimate of drug-likeness (QED) is 0.825. The van der Waals surface area contributed by atoms with E-state index in [-0.39, 0.29) is 11.7 Å². The maximum Gasteiger partial charge on any atom is 0.227 e. The fourth-order valence-electron chi connectivity index (χ4n) is 1.53. The molecule has 0 saturated heterocycles. The fraction of sp³-hybridized carbons (Fsp3) is 0.500. The summed E-state index contributed by atoms with van der Waals surface area (Å²) in [6, 6.07) is 5.97. The standard InChI is InChI=1S/C14H20FNO2/c1-14(2,3)13(17)16(4)8-9-18-12-7-5-6-11(15)10-12/h5-7,10H,8-9H2,1-4H3. The molecule has 100 valence electrons. The molecule has 0 spiro atoms. The first-order valence-electron chi connectivity index (χ1n) is 5.94. The van der Waals surface area contributed by atoms with Gasteiger partial charge in [-0.05, 0) is 12.1 Å². The number of benzene rings is 1. The van der Waals surface area contributed by atoms with Crippen LogP contribution < -0.4 is 4.74 Å². The predicted octanol–water partition coefficient (Wildman–Crippen LogP) is 2.71. The summed E-state index contributed by atoms with van der Waals surface area (Å²) < 4.78 is 18.3. The van der Waals surface area contributed by atoms with Crippen LogP contribution in [0.1, 0.15) is 20.8 Å². The zero-order chi connectivity index (χ0) is 13.8. The average molecular weight is 253 g/mol. The molecule has 0 aliphatic carbocycles. The van der Waals surface area contributed by atoms with Crippen LogP contribution >= 0.6 is 0 Å². The van der Waals surface area contributed by atoms with Crippen LogP contribution in [0.25, 0.3) is 0 Å². The van der Waals surface area contributed by atoms with Crippen LogP contribution in [0, 0.1) is 11.2 Å². The number of hydrogen-bond acceptors (Lipinski definition) is 2. The van der Waals surface area contributed by atoms with Crippen molar-refractivity contribution in [2.24, 2.45) is 5.41 Å². The van der Waals surface area contributed by atoms with Crippen LogP contribution in [-0.2, 0) is 4.79 Å². The Morgan fingerprint density at radius 1 is 1.39 bits per heavy atom. The zero-order valence-corrected chi connectivity index (χ0v) is 11.4. The van der Waals surface area contributed by atoms with E-state index >= 15 is 0 Å². The Morgan fingerprint density at radius 3 is 2.61 bits per heavy atom. The molecule has 1 aromatic carbocycles. The Labute approximate surface area is 108 Å². The molecule has 1 amide bonds. The normalized spacial score (nSPS) is 11.2. The van der Waals surface area contributed by atoms with Gasteiger partial charge in [0, 0.05) is 18.5 Å². The molecule has 0 unspecified atom stereocenters. The third-order valence-corrected chi connectivity index (χ3v) is 2.48. The second-order valence-electron chi connectivity index (χ2n) is 5.28. The first-order valence-corrected chi connectivity index (χ1v) is 5.94. The summed E-state index contributed by atoms with van der Waals surface area (Å²) in [5, 5.41) is 0. The summed E-state index contributed by atoms with van der Waals surface area (Å²) in [7, 11) is 1.74. The Hall–Kier alpha value is -1.58. The molecule has 1 aromatic rings. The fourth-order valence-corrected chi connectivity index (χ4v) is 1.53. The number of halogens is 1. The Kier molecular flexibility index (Phi) is 4.70. The second-order valence-corrected chi connectivity index (χ2v) is 5.28. The van der Waals surface area contributed by atoms with Gasteiger partial charge in [0.2, 0.25) is 5.91 Å². The number of likely N-dealkylation sites (N-methyl/N-ethyl adjacent to an activating group) is 1. The van der Waals surface area contributed by atoms with E-state index in [0.29, 0.717) is 18.9 Å². The molecule has 0 fully saturated rings. The molecule has 0 aliphatic rings. The van der Waals surface area contributed by atoms with Crippen LogP contribution in [0.15, 0.2) is 24.3 Å². The number of ether oxygens (including phenoxy) is 1. The molecule has 18 heavy (non-hydrogen) atoms. The monoisotopic (exact) mass is 253 g/mol. The van der Waals surface area contributed by atoms with Crippen LogP contribution in [0.5, 0.6) is 5.75 Å². The zero-order valence-electron chi connectivity index (χ0n) is 11.4. The van der Waals surface area contributed by atoms with Gasteiger partial charge in [-0.25, -0.2) is 4.39 Å². The minimum absolute atomic E-state index is 0.0605. The molecular weight excluding hydrogens is 233 g/mol. The number of nitrogens with zero attached hydrogens (tertiary/aromatic N) is 1. The van der Waals surface area contributed by atoms with Gasteiger partial charge in [-0.2, -0.15) is 0 Å². The van der Waals surface area contributed by atoms with Crippen molar-refractivity contribution in [3.63, 3.8) is 0 Å². The van der Waals surface area contributed by atoms with E-state index in [1.54, 1.807) is 24.1 Å². The van der Waals surface area contributed by atoms with Crippen LogP contribution in [0.3, 0.4) is 0 Å². The summed E-state index contributed by atoms with van der Waals surface area (Å²) >= 11 is 0. The highest BCUT2D eigenvalue weighted by Crippen LogP contribution is 2.16. The van der Waals surface area contributed by atoms with Crippen LogP contribution in [-0.4, -0.2) is 31.0 Å². The molecule has 0 aliphatic heterocycles. The van der Waals surface area contributed by atoms with Crippen LogP contribution in [0.2, 0.25) is 0 Å². The largest absolute Gasteiger partial charge is 0.492 e. The van der Waals surface area contributed by atoms with E-state index in [4.69, 9.17) is 4.74 Å². The van der Waals surface area contributed by atoms with E-state index < -0.39 is 5.41 Å². The lowest BCUT2D eigenvalue weighted by Gasteiger charge is -2.25. The number of amides is 1. The van der Waals surface area contributed by atoms with Gasteiger partial charge in [0.25, 0.3) is 0 Å². The maximum atomic E-state index is 12.9. The van der Waals surface area contributed by atoms with E-state index in [1.807, 2.05) is 20.8 Å². The molecule has 0 atom stereocenters. The van der Waals surface area contributed by atoms with Crippen molar-refractivity contribution >= 4 is 5.91 Å². The molecule has 1 rings (SSSR count). The van der Waals surface area contributed by atoms with Crippen molar-refractivity contribution in [2.45, 2.75) is 20.8 Å². The van der Waals surface area contributed by atoms with Gasteiger partial charge in [-0.15, -0.1) is 0 Å². The van der Waals surface area contributed by atoms with Crippen molar-refractivity contribution in [1.29, 1.82) is 0 Å². The van der Waals surface area contributed by atoms with E-state index in [0.717, 1.165) is 0 Å². The van der Waals surface area contributed by atoms with Crippen LogP contribution in [0.4, 0.5) is 4.39 Å². The minimum atomic E-state index is -0.395. The third kappa shape index (κ3) is 4.35. The average Bonchev–Trinajstić information content (AvgIpc) is 2.26. The van der Waals surface area contributed by atoms with E-state index in [2.05, 4.69) is 0 Å². The molecule has 3 nitrogen and oxygen atoms in total. The van der Waals surface area contributed by atoms with E-state index in [1.165, 1.54) is 12.1 Å². The minimum Gasteiger partial charge on any atom is -0.492 e. The van der Waals surface area contributed by atoms with Gasteiger partial charge in [-0.1, -0.05) is 26.8 Å². The lowest BCUT2D eigenvalue weighted by molar-refractivity contribution is -0.138. The predicted molar refractivity (Wildman–Crippen MR) is 69.0 cm³/mol. The highest BCUT2D eigenvalue weighted by atomic mass is 19.1. The van der Waals surface area contributed by atoms with Gasteiger partial charge < -0.3 is 9.64 Å². The first-order chi connectivity index (χ1) is 8.30. The van der Waals surface area contributed by atoms with Crippen molar-refractivity contribution in [1.82, 2.24) is 4.90 Å². The summed E-state index contributed by atoms with van der Waals surface area (Å²) in [5.41, 5.74) is -0.395. The Bertz CT molecular complexity index is 413. The summed E-state index contributed by atoms with van der Waals surface area (Å²) in [4.78, 5) is 13.5. The van der Waals surface area contributed by atoms with Gasteiger partial charge in [0.05, 0.1) is 6.54 Å². The summed E-state index contributed by atoms with van der Waals surface area (Å²) in [6.07, 6.45) is 0. The van der Waals surface area contributed by atoms with Crippen molar-refractivity contribution < 1.29 is 13.9 Å². The van der Waals surface area contributed by atoms with Gasteiger partial charge in [0.15, 0.2) is 0 Å². The summed E-state index contributed by atoms with van der Waals surface area (Å²) in [5.74, 6) is 0.212. The molecule has 0 N–H and O–H groups in total. The summed E-state index contributed by atoms with van der Waals surface area (Å²) in [6.45, 7) is 6.45. The molecule has 0 radical (unpaired) electrons. The number of carbonyl (C=O) groups is 1.